The van der Waals surface area contributed by atoms with E-state index < -0.39 is 5.38 Å². The van der Waals surface area contributed by atoms with Gasteiger partial charge in [0.25, 0.3) is 0 Å². The smallest absolute Gasteiger partial charge is 0.156 e. The normalized spacial score (nSPS) is 13.6. The number of hydrogen-bond acceptors (Lipinski definition) is 1. The van der Waals surface area contributed by atoms with Crippen LogP contribution in [0.15, 0.2) is 30.3 Å². The number of hydrogen-bond donors (Lipinski definition) is 0. The van der Waals surface area contributed by atoms with Crippen molar-refractivity contribution in [3.05, 3.63) is 35.9 Å². The molecule has 2 heteroatoms. The van der Waals surface area contributed by atoms with Gasteiger partial charge in [-0.1, -0.05) is 51.1 Å². The van der Waals surface area contributed by atoms with Crippen LogP contribution in [0.3, 0.4) is 0 Å². The van der Waals surface area contributed by atoms with E-state index in [-0.39, 0.29) is 11.2 Å². The van der Waals surface area contributed by atoms with E-state index in [1.807, 2.05) is 51.1 Å². The molecule has 15 heavy (non-hydrogen) atoms. The fourth-order valence-electron chi connectivity index (χ4n) is 1.38. The second kappa shape index (κ2) is 4.80. The van der Waals surface area contributed by atoms with Crippen LogP contribution in [-0.4, -0.2) is 11.2 Å². The highest BCUT2D eigenvalue weighted by Crippen LogP contribution is 2.21. The Bertz CT molecular complexity index is 324. The third-order valence-electron chi connectivity index (χ3n) is 2.28. The number of Topliss-reactive ketones (excluding diaryl/α,β-unsaturated/α-hetero) is 1. The van der Waals surface area contributed by atoms with Crippen molar-refractivity contribution < 1.29 is 4.79 Å². The molecule has 0 spiro atoms. The summed E-state index contributed by atoms with van der Waals surface area (Å²) < 4.78 is 0. The van der Waals surface area contributed by atoms with E-state index in [1.165, 1.54) is 0 Å². The Labute approximate surface area is 96.5 Å². The minimum atomic E-state index is -0.424. The lowest BCUT2D eigenvalue weighted by atomic mass is 9.87. The molecule has 1 aromatic carbocycles. The fraction of sp³-hybridized carbons (Fsp3) is 0.462. The van der Waals surface area contributed by atoms with Gasteiger partial charge in [0.15, 0.2) is 5.78 Å². The highest BCUT2D eigenvalue weighted by atomic mass is 35.5. The maximum atomic E-state index is 11.8. The van der Waals surface area contributed by atoms with Gasteiger partial charge in [0, 0.05) is 5.41 Å². The molecule has 1 nitrogen and oxygen atoms in total. The number of rotatable bonds is 3. The van der Waals surface area contributed by atoms with Gasteiger partial charge >= 0.3 is 0 Å². The quantitative estimate of drug-likeness (QED) is 0.719. The average Bonchev–Trinajstić information content (AvgIpc) is 2.16. The summed E-state index contributed by atoms with van der Waals surface area (Å²) in [7, 11) is 0. The molecule has 0 aliphatic heterocycles. The van der Waals surface area contributed by atoms with E-state index >= 15 is 0 Å². The van der Waals surface area contributed by atoms with E-state index in [0.29, 0.717) is 6.42 Å². The van der Waals surface area contributed by atoms with Crippen LogP contribution < -0.4 is 0 Å². The van der Waals surface area contributed by atoms with Crippen molar-refractivity contribution in [1.29, 1.82) is 0 Å². The predicted octanol–water partition coefficient (Wildman–Crippen LogP) is 3.45. The molecular weight excluding hydrogens is 208 g/mol. The Morgan fingerprint density at radius 2 is 1.80 bits per heavy atom. The van der Waals surface area contributed by atoms with E-state index in [1.54, 1.807) is 0 Å². The van der Waals surface area contributed by atoms with Crippen LogP contribution in [0.2, 0.25) is 0 Å². The monoisotopic (exact) mass is 224 g/mol. The van der Waals surface area contributed by atoms with Gasteiger partial charge in [0.05, 0.1) is 5.38 Å². The van der Waals surface area contributed by atoms with Crippen LogP contribution in [0.1, 0.15) is 26.3 Å². The molecule has 1 aromatic rings. The topological polar surface area (TPSA) is 17.1 Å². The van der Waals surface area contributed by atoms with Gasteiger partial charge in [-0.15, -0.1) is 11.6 Å². The second-order valence-corrected chi connectivity index (χ2v) is 5.30. The highest BCUT2D eigenvalue weighted by Gasteiger charge is 2.27. The molecule has 0 aliphatic carbocycles. The van der Waals surface area contributed by atoms with Gasteiger partial charge in [-0.05, 0) is 12.0 Å². The Morgan fingerprint density at radius 1 is 1.27 bits per heavy atom. The van der Waals surface area contributed by atoms with Crippen molar-refractivity contribution in [1.82, 2.24) is 0 Å². The van der Waals surface area contributed by atoms with Crippen LogP contribution in [0.25, 0.3) is 0 Å². The summed E-state index contributed by atoms with van der Waals surface area (Å²) in [5.41, 5.74) is 0.747. The van der Waals surface area contributed by atoms with Gasteiger partial charge in [-0.3, -0.25) is 4.79 Å². The molecule has 0 amide bonds. The molecule has 1 atom stereocenters. The summed E-state index contributed by atoms with van der Waals surface area (Å²) in [4.78, 5) is 11.8. The summed E-state index contributed by atoms with van der Waals surface area (Å²) in [5.74, 6) is 0.105. The maximum Gasteiger partial charge on any atom is 0.156 e. The largest absolute Gasteiger partial charge is 0.297 e. The number of alkyl halides is 1. The van der Waals surface area contributed by atoms with Crippen LogP contribution in [-0.2, 0) is 11.2 Å². The first kappa shape index (κ1) is 12.3. The molecule has 0 aliphatic rings. The molecule has 0 N–H and O–H groups in total. The standard InChI is InChI=1S/C13H17ClO/c1-13(2,3)12(15)11(14)9-10-7-5-4-6-8-10/h4-8,11H,9H2,1-3H3. The van der Waals surface area contributed by atoms with Crippen LogP contribution in [0.5, 0.6) is 0 Å². The van der Waals surface area contributed by atoms with Gasteiger partial charge < -0.3 is 0 Å². The predicted molar refractivity (Wildman–Crippen MR) is 64.2 cm³/mol. The molecule has 0 fully saturated rings. The van der Waals surface area contributed by atoms with Crippen molar-refractivity contribution in [2.24, 2.45) is 5.41 Å². The zero-order valence-electron chi connectivity index (χ0n) is 9.46. The minimum Gasteiger partial charge on any atom is -0.297 e. The summed E-state index contributed by atoms with van der Waals surface area (Å²) in [5, 5.41) is -0.424. The number of ketones is 1. The van der Waals surface area contributed by atoms with Crippen LogP contribution in [0, 0.1) is 5.41 Å². The highest BCUT2D eigenvalue weighted by molar-refractivity contribution is 6.31. The van der Waals surface area contributed by atoms with Crippen molar-refractivity contribution in [3.63, 3.8) is 0 Å². The fourth-order valence-corrected chi connectivity index (χ4v) is 1.89. The zero-order valence-corrected chi connectivity index (χ0v) is 10.2. The molecular formula is C13H17ClO. The van der Waals surface area contributed by atoms with Crippen LogP contribution >= 0.6 is 11.6 Å². The van der Waals surface area contributed by atoms with Gasteiger partial charge in [0.2, 0.25) is 0 Å². The number of halogens is 1. The second-order valence-electron chi connectivity index (χ2n) is 4.77. The average molecular weight is 225 g/mol. The summed E-state index contributed by atoms with van der Waals surface area (Å²) in [6, 6.07) is 9.86. The molecule has 0 saturated heterocycles. The molecule has 1 rings (SSSR count). The molecule has 0 heterocycles. The van der Waals surface area contributed by atoms with Gasteiger partial charge in [-0.25, -0.2) is 0 Å². The Balaban J connectivity index is 2.65. The lowest BCUT2D eigenvalue weighted by molar-refractivity contribution is -0.125. The first-order valence-electron chi connectivity index (χ1n) is 5.13. The van der Waals surface area contributed by atoms with Gasteiger partial charge in [0.1, 0.15) is 0 Å². The molecule has 1 unspecified atom stereocenters. The lowest BCUT2D eigenvalue weighted by Crippen LogP contribution is -2.30. The Kier molecular flexibility index (Phi) is 3.92. The summed E-state index contributed by atoms with van der Waals surface area (Å²) in [6.07, 6.45) is 0.610. The first-order chi connectivity index (χ1) is 6.91. The molecule has 0 radical (unpaired) electrons. The number of carbonyl (C=O) groups is 1. The summed E-state index contributed by atoms with van der Waals surface area (Å²) >= 11 is 6.10. The van der Waals surface area contributed by atoms with Crippen molar-refractivity contribution in [3.8, 4) is 0 Å². The first-order valence-corrected chi connectivity index (χ1v) is 5.57. The molecule has 0 aromatic heterocycles. The zero-order chi connectivity index (χ0) is 11.5. The van der Waals surface area contributed by atoms with Crippen molar-refractivity contribution in [2.75, 3.05) is 0 Å². The Hall–Kier alpha value is -0.820. The Morgan fingerprint density at radius 3 is 2.27 bits per heavy atom. The van der Waals surface area contributed by atoms with E-state index in [2.05, 4.69) is 0 Å². The minimum absolute atomic E-state index is 0.105. The summed E-state index contributed by atoms with van der Waals surface area (Å²) in [6.45, 7) is 5.70. The SMILES string of the molecule is CC(C)(C)C(=O)C(Cl)Cc1ccccc1. The number of benzene rings is 1. The van der Waals surface area contributed by atoms with Gasteiger partial charge in [-0.2, -0.15) is 0 Å². The van der Waals surface area contributed by atoms with E-state index in [4.69, 9.17) is 11.6 Å². The van der Waals surface area contributed by atoms with E-state index in [9.17, 15) is 4.79 Å². The molecule has 0 bridgehead atoms. The maximum absolute atomic E-state index is 11.8. The third-order valence-corrected chi connectivity index (χ3v) is 2.63. The molecule has 0 saturated carbocycles. The third kappa shape index (κ3) is 3.67. The van der Waals surface area contributed by atoms with E-state index in [0.717, 1.165) is 5.56 Å². The molecule has 82 valence electrons. The number of carbonyl (C=O) groups excluding carboxylic acids is 1. The van der Waals surface area contributed by atoms with Crippen molar-refractivity contribution in [2.45, 2.75) is 32.6 Å². The van der Waals surface area contributed by atoms with Crippen molar-refractivity contribution >= 4 is 17.4 Å². The van der Waals surface area contributed by atoms with Crippen LogP contribution in [0.4, 0.5) is 0 Å². The lowest BCUT2D eigenvalue weighted by Gasteiger charge is -2.20.